The molecule has 7 heteroatoms. The maximum Gasteiger partial charge on any atom is 0.417 e. The smallest absolute Gasteiger partial charge is 0.417 e. The number of halogens is 3. The molecular formula is C13H9F3O3S. The Labute approximate surface area is 116 Å². The molecule has 1 N–H and O–H groups in total. The minimum absolute atomic E-state index is 0.403. The van der Waals surface area contributed by atoms with Crippen molar-refractivity contribution in [1.82, 2.24) is 0 Å². The van der Waals surface area contributed by atoms with E-state index in [2.05, 4.69) is 0 Å². The number of alkyl halides is 3. The van der Waals surface area contributed by atoms with Crippen LogP contribution in [0.4, 0.5) is 13.2 Å². The van der Waals surface area contributed by atoms with Crippen LogP contribution >= 0.6 is 11.8 Å². The topological polar surface area (TPSA) is 50.4 Å². The average molecular weight is 302 g/mol. The maximum absolute atomic E-state index is 12.7. The summed E-state index contributed by atoms with van der Waals surface area (Å²) in [4.78, 5) is 12.1. The van der Waals surface area contributed by atoms with Crippen LogP contribution in [0.5, 0.6) is 0 Å². The van der Waals surface area contributed by atoms with Gasteiger partial charge in [-0.15, -0.1) is 0 Å². The molecule has 2 rings (SSSR count). The van der Waals surface area contributed by atoms with Gasteiger partial charge in [0.2, 0.25) is 0 Å². The highest BCUT2D eigenvalue weighted by Crippen LogP contribution is 2.36. The minimum atomic E-state index is -4.69. The Bertz CT molecular complexity index is 647. The van der Waals surface area contributed by atoms with E-state index in [0.29, 0.717) is 10.7 Å². The van der Waals surface area contributed by atoms with E-state index < -0.39 is 23.3 Å². The summed E-state index contributed by atoms with van der Waals surface area (Å²) in [5, 5.41) is 8.91. The fraction of sp³-hybridized carbons (Fsp3) is 0.154. The van der Waals surface area contributed by atoms with Crippen molar-refractivity contribution < 1.29 is 27.5 Å². The van der Waals surface area contributed by atoms with Gasteiger partial charge in [0.15, 0.2) is 0 Å². The van der Waals surface area contributed by atoms with Crippen LogP contribution in [0, 0.1) is 6.92 Å². The number of hydrogen-bond donors (Lipinski definition) is 1. The number of furan rings is 1. The molecule has 0 unspecified atom stereocenters. The molecule has 20 heavy (non-hydrogen) atoms. The Balaban J connectivity index is 2.41. The van der Waals surface area contributed by atoms with Crippen LogP contribution in [0.1, 0.15) is 21.7 Å². The van der Waals surface area contributed by atoms with Gasteiger partial charge in [0.1, 0.15) is 5.76 Å². The van der Waals surface area contributed by atoms with Crippen molar-refractivity contribution in [2.24, 2.45) is 0 Å². The zero-order valence-electron chi connectivity index (χ0n) is 10.2. The number of carboxylic acids is 1. The van der Waals surface area contributed by atoms with Gasteiger partial charge in [-0.05, 0) is 31.2 Å². The molecule has 3 nitrogen and oxygen atoms in total. The summed E-state index contributed by atoms with van der Waals surface area (Å²) < 4.78 is 43.2. The van der Waals surface area contributed by atoms with Gasteiger partial charge in [-0.2, -0.15) is 13.2 Å². The van der Waals surface area contributed by atoms with Crippen molar-refractivity contribution in [3.05, 3.63) is 47.4 Å². The summed E-state index contributed by atoms with van der Waals surface area (Å²) in [6.07, 6.45) is -3.23. The second kappa shape index (κ2) is 5.24. The van der Waals surface area contributed by atoms with Gasteiger partial charge in [-0.25, -0.2) is 4.79 Å². The fourth-order valence-electron chi connectivity index (χ4n) is 1.62. The highest BCUT2D eigenvalue weighted by Gasteiger charge is 2.35. The molecule has 0 atom stereocenters. The van der Waals surface area contributed by atoms with E-state index in [9.17, 15) is 18.0 Å². The lowest BCUT2D eigenvalue weighted by Gasteiger charge is -2.11. The van der Waals surface area contributed by atoms with Crippen molar-refractivity contribution in [3.8, 4) is 0 Å². The van der Waals surface area contributed by atoms with Crippen LogP contribution in [-0.4, -0.2) is 11.1 Å². The van der Waals surface area contributed by atoms with Crippen molar-refractivity contribution in [3.63, 3.8) is 0 Å². The number of benzene rings is 1. The number of carboxylic acid groups (broad SMARTS) is 1. The Morgan fingerprint density at radius 1 is 1.30 bits per heavy atom. The summed E-state index contributed by atoms with van der Waals surface area (Å²) in [5.41, 5.74) is -1.91. The van der Waals surface area contributed by atoms with E-state index in [4.69, 9.17) is 9.52 Å². The maximum atomic E-state index is 12.7. The largest absolute Gasteiger partial charge is 0.478 e. The molecule has 2 aromatic rings. The van der Waals surface area contributed by atoms with Crippen LogP contribution in [0.15, 0.2) is 44.7 Å². The van der Waals surface area contributed by atoms with Crippen LogP contribution in [0.3, 0.4) is 0 Å². The lowest BCUT2D eigenvalue weighted by atomic mass is 10.1. The predicted octanol–water partition coefficient (Wildman–Crippen LogP) is 4.46. The summed E-state index contributed by atoms with van der Waals surface area (Å²) >= 11 is 1.15. The van der Waals surface area contributed by atoms with Crippen LogP contribution in [-0.2, 0) is 6.18 Å². The van der Waals surface area contributed by atoms with Crippen molar-refractivity contribution in [2.45, 2.75) is 22.9 Å². The van der Waals surface area contributed by atoms with Crippen LogP contribution in [0.25, 0.3) is 0 Å². The van der Waals surface area contributed by atoms with Crippen molar-refractivity contribution in [2.75, 3.05) is 0 Å². The summed E-state index contributed by atoms with van der Waals surface area (Å²) in [6.45, 7) is 1.71. The zero-order valence-corrected chi connectivity index (χ0v) is 11.0. The zero-order chi connectivity index (χ0) is 14.9. The number of hydrogen-bond acceptors (Lipinski definition) is 3. The van der Waals surface area contributed by atoms with Gasteiger partial charge in [-0.3, -0.25) is 0 Å². The third-order valence-electron chi connectivity index (χ3n) is 2.57. The van der Waals surface area contributed by atoms with Gasteiger partial charge < -0.3 is 9.52 Å². The van der Waals surface area contributed by atoms with E-state index in [1.807, 2.05) is 0 Å². The number of carbonyl (C=O) groups is 1. The lowest BCUT2D eigenvalue weighted by molar-refractivity contribution is -0.138. The van der Waals surface area contributed by atoms with Crippen LogP contribution in [0.2, 0.25) is 0 Å². The van der Waals surface area contributed by atoms with E-state index in [0.717, 1.165) is 28.8 Å². The number of aryl methyl sites for hydroxylation is 1. The molecule has 0 fully saturated rings. The second-order valence-electron chi connectivity index (χ2n) is 3.95. The number of aromatic carboxylic acids is 1. The summed E-state index contributed by atoms with van der Waals surface area (Å²) in [7, 11) is 0. The first-order valence-corrected chi connectivity index (χ1v) is 6.27. The predicted molar refractivity (Wildman–Crippen MR) is 66.0 cm³/mol. The highest BCUT2D eigenvalue weighted by atomic mass is 32.2. The summed E-state index contributed by atoms with van der Waals surface area (Å²) in [5.74, 6) is -0.990. The molecule has 0 aliphatic rings. The SMILES string of the molecule is Cc1occc1Sc1ccc(C(F)(F)F)c(C(=O)O)c1. The first kappa shape index (κ1) is 14.5. The van der Waals surface area contributed by atoms with Gasteiger partial charge >= 0.3 is 12.1 Å². The van der Waals surface area contributed by atoms with Gasteiger partial charge in [0.05, 0.1) is 22.3 Å². The van der Waals surface area contributed by atoms with E-state index >= 15 is 0 Å². The Kier molecular flexibility index (Phi) is 3.80. The quantitative estimate of drug-likeness (QED) is 0.909. The second-order valence-corrected chi connectivity index (χ2v) is 5.07. The van der Waals surface area contributed by atoms with Crippen LogP contribution < -0.4 is 0 Å². The molecule has 0 bridgehead atoms. The van der Waals surface area contributed by atoms with Gasteiger partial charge in [0.25, 0.3) is 0 Å². The molecule has 0 aliphatic carbocycles. The van der Waals surface area contributed by atoms with Crippen molar-refractivity contribution >= 4 is 17.7 Å². The first-order chi connectivity index (χ1) is 9.29. The van der Waals surface area contributed by atoms with E-state index in [1.54, 1.807) is 13.0 Å². The molecule has 1 aromatic heterocycles. The van der Waals surface area contributed by atoms with Gasteiger partial charge in [0, 0.05) is 4.90 Å². The highest BCUT2D eigenvalue weighted by molar-refractivity contribution is 7.99. The lowest BCUT2D eigenvalue weighted by Crippen LogP contribution is -2.12. The molecule has 0 spiro atoms. The van der Waals surface area contributed by atoms with E-state index in [1.165, 1.54) is 12.3 Å². The third kappa shape index (κ3) is 2.98. The molecule has 0 aliphatic heterocycles. The standard InChI is InChI=1S/C13H9F3O3S/c1-7-11(4-5-19-7)20-8-2-3-10(13(14,15)16)9(6-8)12(17)18/h2-6H,1H3,(H,17,18). The molecular weight excluding hydrogens is 293 g/mol. The molecule has 106 valence electrons. The van der Waals surface area contributed by atoms with E-state index in [-0.39, 0.29) is 0 Å². The Morgan fingerprint density at radius 2 is 2.00 bits per heavy atom. The first-order valence-electron chi connectivity index (χ1n) is 5.45. The molecule has 0 amide bonds. The molecule has 0 saturated carbocycles. The summed E-state index contributed by atoms with van der Waals surface area (Å²) in [6, 6.07) is 4.70. The number of rotatable bonds is 3. The molecule has 0 radical (unpaired) electrons. The van der Waals surface area contributed by atoms with Crippen molar-refractivity contribution in [1.29, 1.82) is 0 Å². The normalized spacial score (nSPS) is 11.6. The Morgan fingerprint density at radius 3 is 2.50 bits per heavy atom. The monoisotopic (exact) mass is 302 g/mol. The van der Waals surface area contributed by atoms with Gasteiger partial charge in [-0.1, -0.05) is 11.8 Å². The Hall–Kier alpha value is -1.89. The molecule has 0 saturated heterocycles. The fourth-order valence-corrected chi connectivity index (χ4v) is 2.50. The average Bonchev–Trinajstić information content (AvgIpc) is 2.73. The molecule has 1 aromatic carbocycles. The third-order valence-corrected chi connectivity index (χ3v) is 3.70. The molecule has 1 heterocycles. The minimum Gasteiger partial charge on any atom is -0.478 e.